The van der Waals surface area contributed by atoms with Crippen LogP contribution in [0, 0.1) is 0 Å². The van der Waals surface area contributed by atoms with Crippen molar-refractivity contribution >= 4 is 23.4 Å². The first-order valence-electron chi connectivity index (χ1n) is 6.87. The van der Waals surface area contributed by atoms with Gasteiger partial charge in [0.2, 0.25) is 0 Å². The molecule has 0 saturated heterocycles. The molecule has 0 unspecified atom stereocenters. The van der Waals surface area contributed by atoms with Gasteiger partial charge in [0.1, 0.15) is 0 Å². The van der Waals surface area contributed by atoms with Crippen molar-refractivity contribution in [1.29, 1.82) is 0 Å². The van der Waals surface area contributed by atoms with Crippen molar-refractivity contribution in [2.45, 2.75) is 18.4 Å². The lowest BCUT2D eigenvalue weighted by atomic mass is 10.1. The zero-order chi connectivity index (χ0) is 15.1. The number of carbonyl (C=O) groups is 1. The van der Waals surface area contributed by atoms with Crippen LogP contribution in [-0.2, 0) is 16.2 Å². The van der Waals surface area contributed by atoms with Crippen molar-refractivity contribution in [1.82, 2.24) is 0 Å². The zero-order valence-corrected chi connectivity index (χ0v) is 12.9. The number of carbonyl (C=O) groups excluding carboxylic acids is 1. The Bertz CT molecular complexity index is 579. The first-order chi connectivity index (χ1) is 10.2. The summed E-state index contributed by atoms with van der Waals surface area (Å²) >= 11 is 1.83. The summed E-state index contributed by atoms with van der Waals surface area (Å²) in [7, 11) is 0. The largest absolute Gasteiger partial charge is 0.462 e. The second kappa shape index (κ2) is 7.74. The third kappa shape index (κ3) is 4.83. The van der Waals surface area contributed by atoms with E-state index in [2.05, 4.69) is 0 Å². The van der Waals surface area contributed by atoms with Crippen molar-refractivity contribution in [3.8, 4) is 0 Å². The van der Waals surface area contributed by atoms with Crippen LogP contribution in [0.15, 0.2) is 48.5 Å². The fourth-order valence-electron chi connectivity index (χ4n) is 1.85. The Morgan fingerprint density at radius 1 is 1.00 bits per heavy atom. The van der Waals surface area contributed by atoms with E-state index in [0.29, 0.717) is 12.2 Å². The van der Waals surface area contributed by atoms with Crippen LogP contribution in [0.4, 0.5) is 5.69 Å². The number of nitrogen functional groups attached to an aromatic ring is 1. The summed E-state index contributed by atoms with van der Waals surface area (Å²) in [6.45, 7) is 2.21. The van der Waals surface area contributed by atoms with Gasteiger partial charge in [-0.25, -0.2) is 4.79 Å². The topological polar surface area (TPSA) is 52.3 Å². The van der Waals surface area contributed by atoms with E-state index >= 15 is 0 Å². The molecule has 0 aromatic heterocycles. The van der Waals surface area contributed by atoms with Gasteiger partial charge in [-0.05, 0) is 42.3 Å². The number of thioether (sulfide) groups is 1. The summed E-state index contributed by atoms with van der Waals surface area (Å²) < 4.78 is 4.96. The summed E-state index contributed by atoms with van der Waals surface area (Å²) in [5.74, 6) is 1.59. The second-order valence-corrected chi connectivity index (χ2v) is 5.64. The van der Waals surface area contributed by atoms with Crippen LogP contribution in [-0.4, -0.2) is 12.6 Å². The first-order valence-corrected chi connectivity index (χ1v) is 8.02. The smallest absolute Gasteiger partial charge is 0.338 e. The van der Waals surface area contributed by atoms with E-state index in [9.17, 15) is 4.79 Å². The van der Waals surface area contributed by atoms with Gasteiger partial charge >= 0.3 is 5.97 Å². The van der Waals surface area contributed by atoms with E-state index < -0.39 is 0 Å². The van der Waals surface area contributed by atoms with Gasteiger partial charge in [0.25, 0.3) is 0 Å². The molecule has 0 spiro atoms. The van der Waals surface area contributed by atoms with Crippen LogP contribution in [0.3, 0.4) is 0 Å². The Hall–Kier alpha value is -1.94. The highest BCUT2D eigenvalue weighted by Crippen LogP contribution is 2.19. The zero-order valence-electron chi connectivity index (χ0n) is 12.0. The number of nitrogens with two attached hydrogens (primary N) is 1. The van der Waals surface area contributed by atoms with Crippen LogP contribution in [0.25, 0.3) is 0 Å². The standard InChI is InChI=1S/C17H19NO2S/c1-2-20-17(19)15-7-3-13(4-8-15)11-21-12-14-5-9-16(18)10-6-14/h3-10H,2,11-12,18H2,1H3. The lowest BCUT2D eigenvalue weighted by molar-refractivity contribution is 0.0526. The number of ether oxygens (including phenoxy) is 1. The number of hydrogen-bond acceptors (Lipinski definition) is 4. The third-order valence-electron chi connectivity index (χ3n) is 2.98. The maximum atomic E-state index is 11.5. The Labute approximate surface area is 129 Å². The van der Waals surface area contributed by atoms with E-state index in [1.165, 1.54) is 11.1 Å². The molecule has 0 aliphatic heterocycles. The average molecular weight is 301 g/mol. The molecule has 2 N–H and O–H groups in total. The molecule has 0 fully saturated rings. The first kappa shape index (κ1) is 15.4. The summed E-state index contributed by atoms with van der Waals surface area (Å²) in [5, 5.41) is 0. The summed E-state index contributed by atoms with van der Waals surface area (Å²) in [6, 6.07) is 15.5. The predicted octanol–water partition coefficient (Wildman–Crippen LogP) is 3.88. The molecule has 2 rings (SSSR count). The van der Waals surface area contributed by atoms with Gasteiger partial charge in [-0.1, -0.05) is 24.3 Å². The highest BCUT2D eigenvalue weighted by molar-refractivity contribution is 7.97. The average Bonchev–Trinajstić information content (AvgIpc) is 2.50. The minimum absolute atomic E-state index is 0.265. The van der Waals surface area contributed by atoms with Gasteiger partial charge in [-0.2, -0.15) is 11.8 Å². The molecule has 2 aromatic carbocycles. The molecule has 4 heteroatoms. The summed E-state index contributed by atoms with van der Waals surface area (Å²) in [4.78, 5) is 11.5. The van der Waals surface area contributed by atoms with Crippen LogP contribution in [0.1, 0.15) is 28.4 Å². The summed E-state index contributed by atoms with van der Waals surface area (Å²) in [6.07, 6.45) is 0. The molecule has 3 nitrogen and oxygen atoms in total. The lowest BCUT2D eigenvalue weighted by Gasteiger charge is -2.05. The fourth-order valence-corrected chi connectivity index (χ4v) is 2.81. The van der Waals surface area contributed by atoms with Crippen molar-refractivity contribution in [3.63, 3.8) is 0 Å². The molecular weight excluding hydrogens is 282 g/mol. The number of rotatable bonds is 6. The molecule has 0 aliphatic carbocycles. The molecule has 110 valence electrons. The van der Waals surface area contributed by atoms with Crippen molar-refractivity contribution in [3.05, 3.63) is 65.2 Å². The minimum Gasteiger partial charge on any atom is -0.462 e. The van der Waals surface area contributed by atoms with E-state index in [4.69, 9.17) is 10.5 Å². The maximum Gasteiger partial charge on any atom is 0.338 e. The van der Waals surface area contributed by atoms with Gasteiger partial charge in [0.05, 0.1) is 12.2 Å². The van der Waals surface area contributed by atoms with Crippen LogP contribution in [0.2, 0.25) is 0 Å². The number of hydrogen-bond donors (Lipinski definition) is 1. The quantitative estimate of drug-likeness (QED) is 0.650. The van der Waals surface area contributed by atoms with E-state index in [1.807, 2.05) is 60.3 Å². The minimum atomic E-state index is -0.265. The third-order valence-corrected chi connectivity index (χ3v) is 4.06. The molecule has 0 saturated carbocycles. The normalized spacial score (nSPS) is 10.3. The van der Waals surface area contributed by atoms with Crippen molar-refractivity contribution in [2.75, 3.05) is 12.3 Å². The number of esters is 1. The molecule has 21 heavy (non-hydrogen) atoms. The Kier molecular flexibility index (Phi) is 5.69. The van der Waals surface area contributed by atoms with Gasteiger partial charge in [-0.15, -0.1) is 0 Å². The fraction of sp³-hybridized carbons (Fsp3) is 0.235. The molecule has 0 aliphatic rings. The van der Waals surface area contributed by atoms with Gasteiger partial charge in [0, 0.05) is 17.2 Å². The number of anilines is 1. The molecule has 0 bridgehead atoms. The molecule has 0 heterocycles. The lowest BCUT2D eigenvalue weighted by Crippen LogP contribution is -2.04. The van der Waals surface area contributed by atoms with Crippen LogP contribution >= 0.6 is 11.8 Å². The van der Waals surface area contributed by atoms with Gasteiger partial charge < -0.3 is 10.5 Å². The highest BCUT2D eigenvalue weighted by atomic mass is 32.2. The van der Waals surface area contributed by atoms with Crippen LogP contribution in [0.5, 0.6) is 0 Å². The van der Waals surface area contributed by atoms with Crippen LogP contribution < -0.4 is 5.73 Å². The number of benzene rings is 2. The SMILES string of the molecule is CCOC(=O)c1ccc(CSCc2ccc(N)cc2)cc1. The van der Waals surface area contributed by atoms with E-state index in [0.717, 1.165) is 17.2 Å². The predicted molar refractivity (Wildman–Crippen MR) is 88.3 cm³/mol. The molecular formula is C17H19NO2S. The molecule has 0 atom stereocenters. The summed E-state index contributed by atoms with van der Waals surface area (Å²) in [5.41, 5.74) is 9.51. The molecule has 2 aromatic rings. The van der Waals surface area contributed by atoms with E-state index in [-0.39, 0.29) is 5.97 Å². The maximum absolute atomic E-state index is 11.5. The van der Waals surface area contributed by atoms with Crippen molar-refractivity contribution in [2.24, 2.45) is 0 Å². The van der Waals surface area contributed by atoms with Gasteiger partial charge in [-0.3, -0.25) is 0 Å². The Morgan fingerprint density at radius 3 is 2.05 bits per heavy atom. The second-order valence-electron chi connectivity index (χ2n) is 4.65. The molecule has 0 radical (unpaired) electrons. The van der Waals surface area contributed by atoms with Gasteiger partial charge in [0.15, 0.2) is 0 Å². The highest BCUT2D eigenvalue weighted by Gasteiger charge is 2.05. The van der Waals surface area contributed by atoms with E-state index in [1.54, 1.807) is 6.92 Å². The Morgan fingerprint density at radius 2 is 1.52 bits per heavy atom. The Balaban J connectivity index is 1.83. The molecule has 0 amide bonds. The van der Waals surface area contributed by atoms with Crippen molar-refractivity contribution < 1.29 is 9.53 Å². The monoisotopic (exact) mass is 301 g/mol.